The number of carbonyl (C=O) groups is 1. The molecule has 2 fully saturated rings. The third-order valence-electron chi connectivity index (χ3n) is 6.20. The molecule has 0 aromatic heterocycles. The molecule has 0 spiro atoms. The van der Waals surface area contributed by atoms with Crippen LogP contribution in [0.15, 0.2) is 23.2 Å². The summed E-state index contributed by atoms with van der Waals surface area (Å²) in [5.41, 5.74) is 0.398. The Bertz CT molecular complexity index is 758. The van der Waals surface area contributed by atoms with E-state index in [1.54, 1.807) is 0 Å². The van der Waals surface area contributed by atoms with Crippen molar-refractivity contribution in [1.82, 2.24) is 20.4 Å². The number of guanidine groups is 1. The second kappa shape index (κ2) is 11.4. The Hall–Kier alpha value is -2.22. The lowest BCUT2D eigenvalue weighted by Crippen LogP contribution is -2.50. The van der Waals surface area contributed by atoms with E-state index in [1.165, 1.54) is 25.0 Å². The van der Waals surface area contributed by atoms with Crippen molar-refractivity contribution in [2.24, 2.45) is 10.9 Å². The highest BCUT2D eigenvalue weighted by atomic mass is 19.1. The van der Waals surface area contributed by atoms with E-state index in [0.717, 1.165) is 51.6 Å². The molecule has 1 saturated heterocycles. The maximum Gasteiger partial charge on any atom is 0.225 e. The van der Waals surface area contributed by atoms with Gasteiger partial charge in [0.2, 0.25) is 5.91 Å². The van der Waals surface area contributed by atoms with Crippen molar-refractivity contribution >= 4 is 11.9 Å². The maximum absolute atomic E-state index is 14.0. The fourth-order valence-electron chi connectivity index (χ4n) is 4.38. The molecule has 172 valence electrons. The Labute approximate surface area is 184 Å². The van der Waals surface area contributed by atoms with Gasteiger partial charge in [0.15, 0.2) is 5.96 Å². The smallest absolute Gasteiger partial charge is 0.225 e. The number of carbonyl (C=O) groups excluding carboxylic acids is 1. The quantitative estimate of drug-likeness (QED) is 0.511. The molecule has 1 aromatic carbocycles. The Kier molecular flexibility index (Phi) is 8.63. The molecule has 1 aliphatic heterocycles. The van der Waals surface area contributed by atoms with Gasteiger partial charge in [-0.25, -0.2) is 8.78 Å². The number of hydrogen-bond acceptors (Lipinski definition) is 3. The number of nitrogens with zero attached hydrogens (tertiary/aromatic N) is 3. The molecule has 6 nitrogen and oxygen atoms in total. The summed E-state index contributed by atoms with van der Waals surface area (Å²) >= 11 is 0. The monoisotopic (exact) mass is 435 g/mol. The van der Waals surface area contributed by atoms with Crippen LogP contribution in [0.25, 0.3) is 0 Å². The molecule has 1 aromatic rings. The number of nitrogens with one attached hydrogen (secondary N) is 2. The highest BCUT2D eigenvalue weighted by molar-refractivity contribution is 5.80. The van der Waals surface area contributed by atoms with E-state index in [4.69, 9.17) is 0 Å². The highest BCUT2D eigenvalue weighted by Gasteiger charge is 2.29. The molecule has 0 bridgehead atoms. The lowest BCUT2D eigenvalue weighted by molar-refractivity contribution is -0.137. The first-order valence-electron chi connectivity index (χ1n) is 11.5. The summed E-state index contributed by atoms with van der Waals surface area (Å²) in [6.07, 6.45) is 4.47. The average Bonchev–Trinajstić information content (AvgIpc) is 3.28. The van der Waals surface area contributed by atoms with Gasteiger partial charge in [0.05, 0.1) is 12.6 Å². The predicted molar refractivity (Wildman–Crippen MR) is 119 cm³/mol. The van der Waals surface area contributed by atoms with Gasteiger partial charge in [0.1, 0.15) is 11.6 Å². The molecule has 2 N–H and O–H groups in total. The fraction of sp³-hybridized carbons (Fsp3) is 0.652. The van der Waals surface area contributed by atoms with Gasteiger partial charge < -0.3 is 15.5 Å². The van der Waals surface area contributed by atoms with Crippen molar-refractivity contribution in [1.29, 1.82) is 0 Å². The normalized spacial score (nSPS) is 19.5. The van der Waals surface area contributed by atoms with Gasteiger partial charge in [-0.1, -0.05) is 18.9 Å². The van der Waals surface area contributed by atoms with Crippen molar-refractivity contribution in [3.05, 3.63) is 35.4 Å². The van der Waals surface area contributed by atoms with E-state index in [2.05, 4.69) is 20.5 Å². The highest BCUT2D eigenvalue weighted by Crippen LogP contribution is 2.26. The minimum atomic E-state index is -0.584. The number of amides is 1. The Morgan fingerprint density at radius 1 is 1.19 bits per heavy atom. The van der Waals surface area contributed by atoms with E-state index in [9.17, 15) is 13.6 Å². The molecule has 31 heavy (non-hydrogen) atoms. The molecule has 0 radical (unpaired) electrons. The largest absolute Gasteiger partial charge is 0.357 e. The van der Waals surface area contributed by atoms with Gasteiger partial charge in [0.25, 0.3) is 0 Å². The van der Waals surface area contributed by atoms with Crippen molar-refractivity contribution in [3.63, 3.8) is 0 Å². The van der Waals surface area contributed by atoms with Crippen LogP contribution in [0.3, 0.4) is 0 Å². The summed E-state index contributed by atoms with van der Waals surface area (Å²) in [6, 6.07) is 3.27. The van der Waals surface area contributed by atoms with Crippen LogP contribution in [0.1, 0.15) is 51.1 Å². The van der Waals surface area contributed by atoms with Gasteiger partial charge >= 0.3 is 0 Å². The van der Waals surface area contributed by atoms with E-state index in [1.807, 2.05) is 18.7 Å². The molecule has 3 rings (SSSR count). The van der Waals surface area contributed by atoms with Crippen molar-refractivity contribution < 1.29 is 13.6 Å². The molecule has 1 amide bonds. The molecular formula is C23H35F2N5O. The second-order valence-electron chi connectivity index (χ2n) is 8.44. The van der Waals surface area contributed by atoms with Gasteiger partial charge in [-0.05, 0) is 32.8 Å². The van der Waals surface area contributed by atoms with Crippen molar-refractivity contribution in [2.45, 2.75) is 45.6 Å². The zero-order valence-corrected chi connectivity index (χ0v) is 18.7. The summed E-state index contributed by atoms with van der Waals surface area (Å²) in [5.74, 6) is 0.0438. The maximum atomic E-state index is 14.0. The topological polar surface area (TPSA) is 60.0 Å². The van der Waals surface area contributed by atoms with Gasteiger partial charge in [-0.3, -0.25) is 14.7 Å². The summed E-state index contributed by atoms with van der Waals surface area (Å²) < 4.78 is 27.2. The Morgan fingerprint density at radius 3 is 2.55 bits per heavy atom. The van der Waals surface area contributed by atoms with Crippen LogP contribution in [-0.4, -0.2) is 67.5 Å². The van der Waals surface area contributed by atoms with Crippen LogP contribution in [-0.2, 0) is 4.79 Å². The SMILES string of the molecule is CCNC(=NCCN1CCN(C(=O)C2CCCC2)CC1)NC(C)c1ccc(F)cc1F. The van der Waals surface area contributed by atoms with E-state index >= 15 is 0 Å². The third-order valence-corrected chi connectivity index (χ3v) is 6.20. The number of benzene rings is 1. The number of piperazine rings is 1. The molecule has 1 heterocycles. The second-order valence-corrected chi connectivity index (χ2v) is 8.44. The van der Waals surface area contributed by atoms with E-state index in [0.29, 0.717) is 30.5 Å². The average molecular weight is 436 g/mol. The molecular weight excluding hydrogens is 400 g/mol. The van der Waals surface area contributed by atoms with Crippen LogP contribution >= 0.6 is 0 Å². The first-order valence-corrected chi connectivity index (χ1v) is 11.5. The van der Waals surface area contributed by atoms with E-state index < -0.39 is 11.6 Å². The van der Waals surface area contributed by atoms with Crippen LogP contribution in [0.2, 0.25) is 0 Å². The lowest BCUT2D eigenvalue weighted by Gasteiger charge is -2.35. The Morgan fingerprint density at radius 2 is 1.90 bits per heavy atom. The summed E-state index contributed by atoms with van der Waals surface area (Å²) in [4.78, 5) is 21.5. The summed E-state index contributed by atoms with van der Waals surface area (Å²) in [7, 11) is 0. The van der Waals surface area contributed by atoms with Crippen LogP contribution in [0.5, 0.6) is 0 Å². The van der Waals surface area contributed by atoms with Crippen LogP contribution in [0.4, 0.5) is 8.78 Å². The molecule has 1 aliphatic carbocycles. The molecule has 1 atom stereocenters. The number of rotatable bonds is 7. The lowest BCUT2D eigenvalue weighted by atomic mass is 10.1. The van der Waals surface area contributed by atoms with Gasteiger partial charge in [-0.2, -0.15) is 0 Å². The standard InChI is InChI=1S/C23H35F2N5O/c1-3-26-23(28-17(2)20-9-8-19(24)16-21(20)25)27-10-11-29-12-14-30(15-13-29)22(31)18-6-4-5-7-18/h8-9,16-18H,3-7,10-15H2,1-2H3,(H2,26,27,28). The fourth-order valence-corrected chi connectivity index (χ4v) is 4.38. The van der Waals surface area contributed by atoms with Crippen molar-refractivity contribution in [2.75, 3.05) is 45.8 Å². The summed E-state index contributed by atoms with van der Waals surface area (Å²) in [5, 5.41) is 6.37. The van der Waals surface area contributed by atoms with Crippen LogP contribution in [0, 0.1) is 17.6 Å². The predicted octanol–water partition coefficient (Wildman–Crippen LogP) is 2.92. The molecule has 2 aliphatic rings. The molecule has 1 saturated carbocycles. The minimum absolute atomic E-state index is 0.248. The number of aliphatic imine (C=N–C) groups is 1. The van der Waals surface area contributed by atoms with Crippen molar-refractivity contribution in [3.8, 4) is 0 Å². The first-order chi connectivity index (χ1) is 15.0. The molecule has 8 heteroatoms. The third kappa shape index (κ3) is 6.63. The molecule has 1 unspecified atom stereocenters. The number of halogens is 2. The Balaban J connectivity index is 1.46. The van der Waals surface area contributed by atoms with E-state index in [-0.39, 0.29) is 12.0 Å². The van der Waals surface area contributed by atoms with Gasteiger partial charge in [-0.15, -0.1) is 0 Å². The zero-order chi connectivity index (χ0) is 22.2. The van der Waals surface area contributed by atoms with Crippen LogP contribution < -0.4 is 10.6 Å². The summed E-state index contributed by atoms with van der Waals surface area (Å²) in [6.45, 7) is 9.21. The van der Waals surface area contributed by atoms with Gasteiger partial charge in [0, 0.05) is 56.8 Å². The first kappa shape index (κ1) is 23.4. The zero-order valence-electron chi connectivity index (χ0n) is 18.7. The minimum Gasteiger partial charge on any atom is -0.357 e. The number of hydrogen-bond donors (Lipinski definition) is 2.